The molecule has 20 heavy (non-hydrogen) atoms. The van der Waals surface area contributed by atoms with E-state index in [0.717, 1.165) is 23.7 Å². The number of rotatable bonds is 13. The molecule has 0 saturated carbocycles. The van der Waals surface area contributed by atoms with Crippen LogP contribution in [0, 0.1) is 23.7 Å². The molecule has 4 unspecified atom stereocenters. The first-order chi connectivity index (χ1) is 9.54. The Hall–Kier alpha value is 0. The van der Waals surface area contributed by atoms with E-state index in [4.69, 9.17) is 0 Å². The second kappa shape index (κ2) is 12.7. The van der Waals surface area contributed by atoms with Crippen LogP contribution in [0.2, 0.25) is 0 Å². The topological polar surface area (TPSA) is 0 Å². The van der Waals surface area contributed by atoms with Crippen molar-refractivity contribution >= 4 is 0 Å². The van der Waals surface area contributed by atoms with E-state index in [2.05, 4.69) is 41.5 Å². The van der Waals surface area contributed by atoms with Gasteiger partial charge in [0.1, 0.15) is 0 Å². The minimum absolute atomic E-state index is 0.913. The highest BCUT2D eigenvalue weighted by Crippen LogP contribution is 2.28. The van der Waals surface area contributed by atoms with E-state index >= 15 is 0 Å². The second-order valence-corrected chi connectivity index (χ2v) is 7.43. The van der Waals surface area contributed by atoms with Crippen LogP contribution in [0.1, 0.15) is 106 Å². The summed E-state index contributed by atoms with van der Waals surface area (Å²) in [4.78, 5) is 0. The lowest BCUT2D eigenvalue weighted by molar-refractivity contribution is 0.265. The molecule has 0 aliphatic heterocycles. The predicted molar refractivity (Wildman–Crippen MR) is 94.2 cm³/mol. The van der Waals surface area contributed by atoms with Gasteiger partial charge in [-0.2, -0.15) is 0 Å². The molecule has 0 nitrogen and oxygen atoms in total. The molecule has 0 saturated heterocycles. The lowest BCUT2D eigenvalue weighted by atomic mass is 9.81. The molecule has 0 radical (unpaired) electrons. The van der Waals surface area contributed by atoms with Crippen molar-refractivity contribution in [2.45, 2.75) is 106 Å². The van der Waals surface area contributed by atoms with Crippen LogP contribution < -0.4 is 0 Å². The lowest BCUT2D eigenvalue weighted by Crippen LogP contribution is -2.14. The van der Waals surface area contributed by atoms with E-state index < -0.39 is 0 Å². The Morgan fingerprint density at radius 1 is 0.650 bits per heavy atom. The van der Waals surface area contributed by atoms with Gasteiger partial charge in [-0.3, -0.25) is 0 Å². The summed E-state index contributed by atoms with van der Waals surface area (Å²) in [6.45, 7) is 14.4. The van der Waals surface area contributed by atoms with Crippen molar-refractivity contribution in [3.05, 3.63) is 0 Å². The fourth-order valence-corrected chi connectivity index (χ4v) is 3.45. The molecule has 0 aliphatic carbocycles. The summed E-state index contributed by atoms with van der Waals surface area (Å²) < 4.78 is 0. The zero-order chi connectivity index (χ0) is 15.4. The molecule has 0 heteroatoms. The van der Waals surface area contributed by atoms with Crippen LogP contribution in [0.15, 0.2) is 0 Å². The maximum Gasteiger partial charge on any atom is -0.0389 e. The van der Waals surface area contributed by atoms with Crippen molar-refractivity contribution in [2.75, 3.05) is 0 Å². The van der Waals surface area contributed by atoms with Gasteiger partial charge in [-0.15, -0.1) is 0 Å². The molecule has 0 N–H and O–H groups in total. The highest BCUT2D eigenvalue weighted by molar-refractivity contribution is 4.68. The summed E-state index contributed by atoms with van der Waals surface area (Å²) >= 11 is 0. The largest absolute Gasteiger partial charge is 0.0654 e. The van der Waals surface area contributed by atoms with Gasteiger partial charge >= 0.3 is 0 Å². The zero-order valence-electron chi connectivity index (χ0n) is 15.4. The van der Waals surface area contributed by atoms with Crippen LogP contribution in [0.5, 0.6) is 0 Å². The van der Waals surface area contributed by atoms with Crippen LogP contribution in [0.4, 0.5) is 0 Å². The molecule has 0 rings (SSSR count). The van der Waals surface area contributed by atoms with Crippen LogP contribution in [-0.2, 0) is 0 Å². The maximum absolute atomic E-state index is 2.48. The summed E-state index contributed by atoms with van der Waals surface area (Å²) in [6.07, 6.45) is 14.2. The molecule has 0 aromatic heterocycles. The van der Waals surface area contributed by atoms with Gasteiger partial charge in [-0.25, -0.2) is 0 Å². The van der Waals surface area contributed by atoms with Gasteiger partial charge in [0.15, 0.2) is 0 Å². The van der Waals surface area contributed by atoms with Crippen molar-refractivity contribution in [2.24, 2.45) is 23.7 Å². The molecule has 4 atom stereocenters. The Balaban J connectivity index is 3.69. The van der Waals surface area contributed by atoms with E-state index in [9.17, 15) is 0 Å². The average molecular weight is 283 g/mol. The maximum atomic E-state index is 2.48. The van der Waals surface area contributed by atoms with E-state index in [1.165, 1.54) is 64.2 Å². The molecule has 0 fully saturated rings. The molecule has 0 amide bonds. The SMILES string of the molecule is CCCCC(C)CCCCC(C)CC(CC)C(C)CC. The first kappa shape index (κ1) is 20.0. The Morgan fingerprint density at radius 3 is 1.70 bits per heavy atom. The monoisotopic (exact) mass is 282 g/mol. The Labute approximate surface area is 130 Å². The van der Waals surface area contributed by atoms with E-state index in [0.29, 0.717) is 0 Å². The predicted octanol–water partition coefficient (Wildman–Crippen LogP) is 7.47. The smallest absolute Gasteiger partial charge is 0.0389 e. The molecule has 0 bridgehead atoms. The summed E-state index contributed by atoms with van der Waals surface area (Å²) in [5.74, 6) is 3.75. The van der Waals surface area contributed by atoms with Gasteiger partial charge in [0.05, 0.1) is 0 Å². The highest BCUT2D eigenvalue weighted by atomic mass is 14.2. The van der Waals surface area contributed by atoms with Crippen LogP contribution in [-0.4, -0.2) is 0 Å². The Morgan fingerprint density at radius 2 is 1.20 bits per heavy atom. The van der Waals surface area contributed by atoms with E-state index in [1.54, 1.807) is 0 Å². The molecular formula is C20H42. The van der Waals surface area contributed by atoms with Gasteiger partial charge in [-0.05, 0) is 30.1 Å². The van der Waals surface area contributed by atoms with Gasteiger partial charge < -0.3 is 0 Å². The first-order valence-electron chi connectivity index (χ1n) is 9.54. The van der Waals surface area contributed by atoms with Crippen molar-refractivity contribution in [3.8, 4) is 0 Å². The molecule has 0 spiro atoms. The molecule has 0 aromatic rings. The molecule has 0 aromatic carbocycles. The molecule has 0 aliphatic rings. The third kappa shape index (κ3) is 9.83. The summed E-state index contributed by atoms with van der Waals surface area (Å²) in [6, 6.07) is 0. The third-order valence-corrected chi connectivity index (χ3v) is 5.37. The third-order valence-electron chi connectivity index (χ3n) is 5.37. The Kier molecular flexibility index (Phi) is 12.7. The van der Waals surface area contributed by atoms with Gasteiger partial charge in [0.2, 0.25) is 0 Å². The van der Waals surface area contributed by atoms with Crippen molar-refractivity contribution in [3.63, 3.8) is 0 Å². The number of hydrogen-bond acceptors (Lipinski definition) is 0. The summed E-state index contributed by atoms with van der Waals surface area (Å²) in [7, 11) is 0. The highest BCUT2D eigenvalue weighted by Gasteiger charge is 2.16. The normalized spacial score (nSPS) is 17.7. The van der Waals surface area contributed by atoms with E-state index in [1.807, 2.05) is 0 Å². The summed E-state index contributed by atoms with van der Waals surface area (Å²) in [5, 5.41) is 0. The lowest BCUT2D eigenvalue weighted by Gasteiger charge is -2.25. The fraction of sp³-hybridized carbons (Fsp3) is 1.00. The summed E-state index contributed by atoms with van der Waals surface area (Å²) in [5.41, 5.74) is 0. The van der Waals surface area contributed by atoms with Gasteiger partial charge in [0.25, 0.3) is 0 Å². The van der Waals surface area contributed by atoms with Crippen molar-refractivity contribution < 1.29 is 0 Å². The standard InChI is InChI=1S/C20H42/c1-7-10-13-17(4)14-11-12-15-18(5)16-20(9-3)19(6)8-2/h17-20H,7-16H2,1-6H3. The van der Waals surface area contributed by atoms with Crippen molar-refractivity contribution in [1.82, 2.24) is 0 Å². The Bertz CT molecular complexity index is 196. The van der Waals surface area contributed by atoms with Gasteiger partial charge in [0, 0.05) is 0 Å². The van der Waals surface area contributed by atoms with Gasteiger partial charge in [-0.1, -0.05) is 99.3 Å². The molecule has 122 valence electrons. The van der Waals surface area contributed by atoms with Crippen LogP contribution >= 0.6 is 0 Å². The number of unbranched alkanes of at least 4 members (excludes halogenated alkanes) is 2. The average Bonchev–Trinajstić information content (AvgIpc) is 2.46. The molecule has 0 heterocycles. The minimum Gasteiger partial charge on any atom is -0.0654 e. The fourth-order valence-electron chi connectivity index (χ4n) is 3.45. The second-order valence-electron chi connectivity index (χ2n) is 7.43. The van der Waals surface area contributed by atoms with Crippen LogP contribution in [0.25, 0.3) is 0 Å². The molecular weight excluding hydrogens is 240 g/mol. The van der Waals surface area contributed by atoms with Crippen molar-refractivity contribution in [1.29, 1.82) is 0 Å². The first-order valence-corrected chi connectivity index (χ1v) is 9.54. The quantitative estimate of drug-likeness (QED) is 0.307. The van der Waals surface area contributed by atoms with Crippen LogP contribution in [0.3, 0.4) is 0 Å². The number of hydrogen-bond donors (Lipinski definition) is 0. The van der Waals surface area contributed by atoms with E-state index in [-0.39, 0.29) is 0 Å². The zero-order valence-corrected chi connectivity index (χ0v) is 15.4. The minimum atomic E-state index is 0.913.